The van der Waals surface area contributed by atoms with E-state index in [4.69, 9.17) is 13.5 Å². The van der Waals surface area contributed by atoms with Crippen LogP contribution in [0.15, 0.2) is 93.0 Å². The molecule has 0 radical (unpaired) electrons. The van der Waals surface area contributed by atoms with E-state index in [1.165, 1.54) is 68.6 Å². The van der Waals surface area contributed by atoms with E-state index in [0.29, 0.717) is 179 Å². The molecular formula is C36H24N9P3S6Se12. The molecule has 0 bridgehead atoms. The van der Waals surface area contributed by atoms with Crippen molar-refractivity contribution < 1.29 is 0 Å². The number of nitrogens with zero attached hydrogens (tertiary/aromatic N) is 3. The molecule has 13 aliphatic rings. The van der Waals surface area contributed by atoms with E-state index in [1.807, 2.05) is 20.2 Å². The standard InChI is InChI=1S/C36H24N9P3S6Se12/c1-2-50-26-25(49-1)61-34(62-26)31-55-19-7-13-14(8-20(19)56-31)38-46(37-13)43-47(39-15-9-21-22(10-16(15)40-47)58-32(57-21)35-63-27-28(64-35)52-4-3-51-27)45-48(44-46)41-17-11-23-24(12-18(17)42-48)60-33(59-23)36-65-29-30(66-36)54-6-5-53-29/h7-12,37-42H,1-6H2. The average molecular weight is 1820 g/mol. The van der Waals surface area contributed by atoms with Crippen LogP contribution in [-0.2, 0) is 0 Å². The Kier molecular flexibility index (Phi) is 12.6. The molecule has 6 N–H and O–H groups in total. The van der Waals surface area contributed by atoms with Crippen molar-refractivity contribution in [1.29, 1.82) is 0 Å². The van der Waals surface area contributed by atoms with Crippen molar-refractivity contribution >= 4 is 333 Å². The van der Waals surface area contributed by atoms with E-state index in [-0.39, 0.29) is 0 Å². The van der Waals surface area contributed by atoms with Crippen molar-refractivity contribution in [1.82, 2.24) is 0 Å². The molecule has 3 aromatic rings. The van der Waals surface area contributed by atoms with Gasteiger partial charge in [-0.3, -0.25) is 0 Å². The molecule has 13 aliphatic heterocycles. The van der Waals surface area contributed by atoms with Gasteiger partial charge in [0.05, 0.1) is 0 Å². The summed E-state index contributed by atoms with van der Waals surface area (Å²) < 4.78 is 48.5. The maximum atomic E-state index is 5.83. The molecule has 13 heterocycles. The molecular weight excluding hydrogens is 1790 g/mol. The fraction of sp³-hybridized carbons (Fsp3) is 0.167. The zero-order valence-corrected chi connectivity index (χ0v) is 60.9. The quantitative estimate of drug-likeness (QED) is 0.145. The summed E-state index contributed by atoms with van der Waals surface area (Å²) >= 11 is 18.9. The van der Waals surface area contributed by atoms with Gasteiger partial charge in [-0.2, -0.15) is 0 Å². The van der Waals surface area contributed by atoms with E-state index in [2.05, 4.69) is 137 Å². The second-order valence-electron chi connectivity index (χ2n) is 15.0. The first-order valence-corrected chi connectivity index (χ1v) is 51.4. The molecule has 0 fully saturated rings. The number of thioether (sulfide) groups is 6. The van der Waals surface area contributed by atoms with Gasteiger partial charge in [-0.05, 0) is 0 Å². The molecule has 0 saturated carbocycles. The van der Waals surface area contributed by atoms with Crippen molar-refractivity contribution in [3.05, 3.63) is 79.4 Å². The zero-order valence-electron chi connectivity index (χ0n) is 32.7. The van der Waals surface area contributed by atoms with Crippen LogP contribution in [0.3, 0.4) is 0 Å². The van der Waals surface area contributed by atoms with Gasteiger partial charge in [-0.15, -0.1) is 0 Å². The molecule has 3 aromatic carbocycles. The normalized spacial score (nSPS) is 25.8. The number of benzene rings is 3. The molecule has 0 saturated heterocycles. The third-order valence-corrected chi connectivity index (χ3v) is 79.8. The van der Waals surface area contributed by atoms with Gasteiger partial charge in [0.15, 0.2) is 0 Å². The summed E-state index contributed by atoms with van der Waals surface area (Å²) in [7, 11) is -8.11. The Morgan fingerprint density at radius 2 is 0.470 bits per heavy atom. The van der Waals surface area contributed by atoms with Crippen molar-refractivity contribution in [2.24, 2.45) is 13.5 Å². The zero-order chi connectivity index (χ0) is 42.9. The number of nitrogens with one attached hydrogen (secondary N) is 6. The van der Waals surface area contributed by atoms with Crippen LogP contribution in [0.2, 0.25) is 0 Å². The second kappa shape index (κ2) is 18.0. The first kappa shape index (κ1) is 46.1. The van der Waals surface area contributed by atoms with Crippen molar-refractivity contribution in [3.63, 3.8) is 0 Å². The number of fused-ring (bicyclic) bond motifs is 6. The second-order valence-corrected chi connectivity index (χ2v) is 66.2. The Bertz CT molecular complexity index is 2790. The van der Waals surface area contributed by atoms with Crippen LogP contribution in [0.1, 0.15) is 0 Å². The molecule has 0 unspecified atom stereocenters. The molecule has 30 heteroatoms. The molecule has 0 aliphatic carbocycles. The molecule has 66 heavy (non-hydrogen) atoms. The van der Waals surface area contributed by atoms with Crippen LogP contribution in [0.4, 0.5) is 34.1 Å². The summed E-state index contributed by atoms with van der Waals surface area (Å²) in [6, 6.07) is 14.9. The van der Waals surface area contributed by atoms with Crippen LogP contribution >= 0.6 is 93.1 Å². The Morgan fingerprint density at radius 3 is 0.667 bits per heavy atom. The molecule has 336 valence electrons. The van der Waals surface area contributed by atoms with Gasteiger partial charge in [-0.1, -0.05) is 0 Å². The Hall–Kier alpha value is 3.92. The maximum absolute atomic E-state index is 5.83. The van der Waals surface area contributed by atoms with Gasteiger partial charge in [0, 0.05) is 0 Å². The van der Waals surface area contributed by atoms with Crippen molar-refractivity contribution in [3.8, 4) is 0 Å². The van der Waals surface area contributed by atoms with Gasteiger partial charge in [0.2, 0.25) is 0 Å². The molecule has 0 amide bonds. The van der Waals surface area contributed by atoms with Crippen molar-refractivity contribution in [2.45, 2.75) is 0 Å². The first-order valence-electron chi connectivity index (χ1n) is 19.9. The Morgan fingerprint density at radius 1 is 0.288 bits per heavy atom. The van der Waals surface area contributed by atoms with E-state index >= 15 is 0 Å². The summed E-state index contributed by atoms with van der Waals surface area (Å²) in [4.78, 5) is 0. The molecule has 16 rings (SSSR count). The fourth-order valence-corrected chi connectivity index (χ4v) is 82.7. The number of anilines is 6. The topological polar surface area (TPSA) is 109 Å². The fourth-order valence-electron chi connectivity index (χ4n) is 8.00. The molecule has 9 nitrogen and oxygen atoms in total. The van der Waals surface area contributed by atoms with E-state index in [1.54, 1.807) is 49.6 Å². The molecule has 3 spiro atoms. The summed E-state index contributed by atoms with van der Waals surface area (Å²) in [5, 5.41) is 24.3. The van der Waals surface area contributed by atoms with Gasteiger partial charge in [-0.25, -0.2) is 0 Å². The average Bonchev–Trinajstić information content (AvgIpc) is 4.16. The SMILES string of the molecule is c1c2c(cc3c1[Se]C(=C1[Se]C4=C(SCCS4)[Se]1)[Se]3)NP1(=NP3(=NP4(=N1)Nc1cc5c(cc1N4)[Se]C(=C1[Se]C4=C(SCCS4)[Se]1)[Se]5)Nc1cc4c(cc1N3)[Se]C(=C1[Se]C3=C(SCCS3)[Se]1)[Se]4)N2. The van der Waals surface area contributed by atoms with E-state index in [9.17, 15) is 0 Å². The van der Waals surface area contributed by atoms with Crippen LogP contribution < -0.4 is 57.3 Å². The van der Waals surface area contributed by atoms with Gasteiger partial charge >= 0.3 is 491 Å². The Balaban J connectivity index is 0.733. The third kappa shape index (κ3) is 8.17. The summed E-state index contributed by atoms with van der Waals surface area (Å²) in [6.45, 7) is 0. The summed E-state index contributed by atoms with van der Waals surface area (Å²) in [5.41, 5.74) is 7.07. The van der Waals surface area contributed by atoms with Gasteiger partial charge in [0.1, 0.15) is 0 Å². The van der Waals surface area contributed by atoms with Crippen molar-refractivity contribution in [2.75, 3.05) is 65.0 Å². The monoisotopic (exact) mass is 1830 g/mol. The minimum atomic E-state index is -2.70. The predicted molar refractivity (Wildman–Crippen MR) is 313 cm³/mol. The first-order chi connectivity index (χ1) is 32.3. The van der Waals surface area contributed by atoms with E-state index < -0.39 is 22.5 Å². The van der Waals surface area contributed by atoms with Crippen LogP contribution in [0.5, 0.6) is 0 Å². The van der Waals surface area contributed by atoms with Crippen LogP contribution in [0, 0.1) is 0 Å². The number of hydrogen-bond donors (Lipinski definition) is 6. The molecule has 0 aromatic heterocycles. The molecule has 0 atom stereocenters. The van der Waals surface area contributed by atoms with Crippen LogP contribution in [-0.4, -0.2) is 214 Å². The van der Waals surface area contributed by atoms with Crippen LogP contribution in [0.25, 0.3) is 0 Å². The number of rotatable bonds is 0. The van der Waals surface area contributed by atoms with Gasteiger partial charge in [0.25, 0.3) is 0 Å². The Labute approximate surface area is 483 Å². The third-order valence-electron chi connectivity index (χ3n) is 10.7. The summed E-state index contributed by atoms with van der Waals surface area (Å²) in [5.74, 6) is 7.77. The summed E-state index contributed by atoms with van der Waals surface area (Å²) in [6.07, 6.45) is 0. The van der Waals surface area contributed by atoms with E-state index in [0.717, 1.165) is 0 Å². The predicted octanol–water partition coefficient (Wildman–Crippen LogP) is 3.93. The number of hydrogen-bond acceptors (Lipinski definition) is 15. The minimum absolute atomic E-state index is 0.410. The van der Waals surface area contributed by atoms with Gasteiger partial charge < -0.3 is 0 Å².